The molecule has 0 atom stereocenters. The summed E-state index contributed by atoms with van der Waals surface area (Å²) < 4.78 is 1.79. The summed E-state index contributed by atoms with van der Waals surface area (Å²) in [5, 5.41) is 10.9. The van der Waals surface area contributed by atoms with Crippen LogP contribution in [0.25, 0.3) is 27.9 Å². The number of hydrogen-bond acceptors (Lipinski definition) is 3. The van der Waals surface area contributed by atoms with Crippen LogP contribution < -0.4 is 5.56 Å². The first kappa shape index (κ1) is 12.5. The van der Waals surface area contributed by atoms with Gasteiger partial charge in [0.25, 0.3) is 5.56 Å². The van der Waals surface area contributed by atoms with Gasteiger partial charge in [-0.05, 0) is 18.2 Å². The number of hydrogen-bond donors (Lipinski definition) is 1. The van der Waals surface area contributed by atoms with Crippen LogP contribution in [-0.2, 0) is 0 Å². The van der Waals surface area contributed by atoms with Crippen molar-refractivity contribution in [1.82, 2.24) is 19.8 Å². The molecule has 3 aromatic heterocycles. The summed E-state index contributed by atoms with van der Waals surface area (Å²) in [5.74, 6) is 0. The third-order valence-corrected chi connectivity index (χ3v) is 3.58. The van der Waals surface area contributed by atoms with E-state index in [1.807, 2.05) is 54.7 Å². The van der Waals surface area contributed by atoms with E-state index < -0.39 is 0 Å². The van der Waals surface area contributed by atoms with Crippen molar-refractivity contribution in [2.45, 2.75) is 0 Å². The molecule has 0 aliphatic heterocycles. The van der Waals surface area contributed by atoms with Crippen LogP contribution in [0.5, 0.6) is 0 Å². The number of benzene rings is 1. The summed E-state index contributed by atoms with van der Waals surface area (Å²) >= 11 is 0. The number of nitrogens with one attached hydrogen (secondary N) is 1. The minimum Gasteiger partial charge on any atom is -0.267 e. The Bertz CT molecular complexity index is 1000. The number of pyridine rings is 1. The summed E-state index contributed by atoms with van der Waals surface area (Å²) in [6.45, 7) is 0. The van der Waals surface area contributed by atoms with Crippen molar-refractivity contribution in [2.24, 2.45) is 0 Å². The van der Waals surface area contributed by atoms with Crippen molar-refractivity contribution in [3.8, 4) is 22.4 Å². The fourth-order valence-corrected chi connectivity index (χ4v) is 2.60. The third-order valence-electron chi connectivity index (χ3n) is 3.58. The van der Waals surface area contributed by atoms with E-state index in [1.54, 1.807) is 16.8 Å². The maximum atomic E-state index is 12.2. The molecule has 0 amide bonds. The Balaban J connectivity index is 2.12. The van der Waals surface area contributed by atoms with Gasteiger partial charge in [0, 0.05) is 23.5 Å². The zero-order valence-corrected chi connectivity index (χ0v) is 11.6. The zero-order valence-electron chi connectivity index (χ0n) is 11.6. The molecule has 0 saturated heterocycles. The molecule has 0 spiro atoms. The molecule has 5 nitrogen and oxygen atoms in total. The van der Waals surface area contributed by atoms with E-state index in [-0.39, 0.29) is 5.56 Å². The van der Waals surface area contributed by atoms with Crippen LogP contribution in [0.2, 0.25) is 0 Å². The van der Waals surface area contributed by atoms with Gasteiger partial charge in [0.05, 0.1) is 11.1 Å². The lowest BCUT2D eigenvalue weighted by Crippen LogP contribution is -2.09. The van der Waals surface area contributed by atoms with Crippen molar-refractivity contribution >= 4 is 5.52 Å². The molecule has 1 N–H and O–H groups in total. The normalized spacial score (nSPS) is 10.9. The number of nitrogens with zero attached hydrogens (tertiary/aromatic N) is 3. The van der Waals surface area contributed by atoms with Crippen LogP contribution in [0.4, 0.5) is 0 Å². The van der Waals surface area contributed by atoms with Gasteiger partial charge in [-0.25, -0.2) is 9.61 Å². The Hall–Kier alpha value is -3.21. The largest absolute Gasteiger partial charge is 0.272 e. The lowest BCUT2D eigenvalue weighted by atomic mass is 10.0. The average molecular weight is 288 g/mol. The molecule has 0 aliphatic rings. The Morgan fingerprint density at radius 2 is 1.77 bits per heavy atom. The van der Waals surface area contributed by atoms with Crippen LogP contribution in [0.3, 0.4) is 0 Å². The Kier molecular flexibility index (Phi) is 2.83. The smallest absolute Gasteiger partial charge is 0.267 e. The molecule has 0 unspecified atom stereocenters. The van der Waals surface area contributed by atoms with Crippen LogP contribution in [-0.4, -0.2) is 19.8 Å². The van der Waals surface area contributed by atoms with E-state index in [0.29, 0.717) is 5.56 Å². The summed E-state index contributed by atoms with van der Waals surface area (Å²) in [6.07, 6.45) is 3.46. The van der Waals surface area contributed by atoms with E-state index >= 15 is 0 Å². The first-order valence-electron chi connectivity index (χ1n) is 6.91. The Morgan fingerprint density at radius 1 is 0.955 bits per heavy atom. The second kappa shape index (κ2) is 4.96. The topological polar surface area (TPSA) is 63.0 Å². The van der Waals surface area contributed by atoms with E-state index in [4.69, 9.17) is 0 Å². The number of rotatable bonds is 2. The minimum absolute atomic E-state index is 0.224. The highest BCUT2D eigenvalue weighted by Crippen LogP contribution is 2.32. The van der Waals surface area contributed by atoms with Crippen LogP contribution in [0, 0.1) is 0 Å². The van der Waals surface area contributed by atoms with Crippen LogP contribution >= 0.6 is 0 Å². The van der Waals surface area contributed by atoms with Crippen molar-refractivity contribution < 1.29 is 0 Å². The molecule has 5 heteroatoms. The molecule has 0 fully saturated rings. The standard InChI is InChI=1S/C17H12N4O/c22-17-13(9-10-18-19-17)15-14-8-4-5-11-21(14)20-16(15)12-6-2-1-3-7-12/h1-11H,(H,19,22). The molecule has 4 aromatic rings. The van der Waals surface area contributed by atoms with Gasteiger partial charge >= 0.3 is 0 Å². The van der Waals surface area contributed by atoms with Crippen LogP contribution in [0.15, 0.2) is 71.8 Å². The molecule has 0 aliphatic carbocycles. The predicted octanol–water partition coefficient (Wildman–Crippen LogP) is 2.75. The van der Waals surface area contributed by atoms with Crippen LogP contribution in [0.1, 0.15) is 0 Å². The fourth-order valence-electron chi connectivity index (χ4n) is 2.60. The molecule has 4 rings (SSSR count). The monoisotopic (exact) mass is 288 g/mol. The quantitative estimate of drug-likeness (QED) is 0.617. The number of H-pyrrole nitrogens is 1. The van der Waals surface area contributed by atoms with Gasteiger partial charge in [0.1, 0.15) is 5.69 Å². The fraction of sp³-hybridized carbons (Fsp3) is 0. The number of fused-ring (bicyclic) bond motifs is 1. The lowest BCUT2D eigenvalue weighted by molar-refractivity contribution is 0.966. The van der Waals surface area contributed by atoms with E-state index in [2.05, 4.69) is 15.3 Å². The first-order chi connectivity index (χ1) is 10.8. The molecule has 3 heterocycles. The molecular formula is C17H12N4O. The lowest BCUT2D eigenvalue weighted by Gasteiger charge is -2.02. The number of aromatic amines is 1. The van der Waals surface area contributed by atoms with Crippen molar-refractivity contribution in [3.05, 3.63) is 77.3 Å². The van der Waals surface area contributed by atoms with E-state index in [0.717, 1.165) is 22.3 Å². The number of aromatic nitrogens is 4. The molecule has 22 heavy (non-hydrogen) atoms. The molecule has 0 saturated carbocycles. The second-order valence-corrected chi connectivity index (χ2v) is 4.92. The Labute approximate surface area is 125 Å². The van der Waals surface area contributed by atoms with Gasteiger partial charge in [-0.1, -0.05) is 36.4 Å². The summed E-state index contributed by atoms with van der Waals surface area (Å²) in [4.78, 5) is 12.2. The van der Waals surface area contributed by atoms with Gasteiger partial charge in [-0.3, -0.25) is 4.79 Å². The molecular weight excluding hydrogens is 276 g/mol. The van der Waals surface area contributed by atoms with Crippen molar-refractivity contribution in [3.63, 3.8) is 0 Å². The average Bonchev–Trinajstić information content (AvgIpc) is 2.95. The molecule has 0 radical (unpaired) electrons. The maximum Gasteiger partial charge on any atom is 0.272 e. The first-order valence-corrected chi connectivity index (χ1v) is 6.91. The highest BCUT2D eigenvalue weighted by Gasteiger charge is 2.18. The van der Waals surface area contributed by atoms with Gasteiger partial charge in [-0.2, -0.15) is 10.2 Å². The van der Waals surface area contributed by atoms with Gasteiger partial charge in [-0.15, -0.1) is 0 Å². The molecule has 1 aromatic carbocycles. The zero-order chi connectivity index (χ0) is 14.9. The Morgan fingerprint density at radius 3 is 2.59 bits per heavy atom. The maximum absolute atomic E-state index is 12.2. The second-order valence-electron chi connectivity index (χ2n) is 4.92. The van der Waals surface area contributed by atoms with Gasteiger partial charge in [0.15, 0.2) is 0 Å². The van der Waals surface area contributed by atoms with Gasteiger partial charge < -0.3 is 0 Å². The minimum atomic E-state index is -0.224. The molecule has 106 valence electrons. The highest BCUT2D eigenvalue weighted by atomic mass is 16.1. The van der Waals surface area contributed by atoms with E-state index in [1.165, 1.54) is 0 Å². The summed E-state index contributed by atoms with van der Waals surface area (Å²) in [7, 11) is 0. The summed E-state index contributed by atoms with van der Waals surface area (Å²) in [5.41, 5.74) is 3.79. The predicted molar refractivity (Wildman–Crippen MR) is 84.5 cm³/mol. The van der Waals surface area contributed by atoms with Crippen molar-refractivity contribution in [2.75, 3.05) is 0 Å². The third kappa shape index (κ3) is 1.91. The van der Waals surface area contributed by atoms with E-state index in [9.17, 15) is 4.79 Å². The summed E-state index contributed by atoms with van der Waals surface area (Å²) in [6, 6.07) is 17.4. The SMILES string of the molecule is O=c1[nH]nccc1-c1c(-c2ccccc2)nn2ccccc12. The highest BCUT2D eigenvalue weighted by molar-refractivity contribution is 5.91. The van der Waals surface area contributed by atoms with Gasteiger partial charge in [0.2, 0.25) is 0 Å². The molecule has 0 bridgehead atoms. The van der Waals surface area contributed by atoms with Crippen molar-refractivity contribution in [1.29, 1.82) is 0 Å².